The lowest BCUT2D eigenvalue weighted by molar-refractivity contribution is 0.837. The lowest BCUT2D eigenvalue weighted by atomic mass is 10.2. The first-order valence-corrected chi connectivity index (χ1v) is 5.24. The molecule has 4 nitrogen and oxygen atoms in total. The van der Waals surface area contributed by atoms with Crippen molar-refractivity contribution in [3.8, 4) is 5.82 Å². The Bertz CT molecular complexity index is 490. The predicted octanol–water partition coefficient (Wildman–Crippen LogP) is 2.19. The van der Waals surface area contributed by atoms with Gasteiger partial charge in [-0.3, -0.25) is 0 Å². The van der Waals surface area contributed by atoms with E-state index in [4.69, 9.17) is 11.6 Å². The Labute approximate surface area is 91.9 Å². The zero-order valence-electron chi connectivity index (χ0n) is 7.97. The molecule has 0 spiro atoms. The van der Waals surface area contributed by atoms with E-state index in [1.54, 1.807) is 17.1 Å². The lowest BCUT2D eigenvalue weighted by Crippen LogP contribution is -1.99. The quantitative estimate of drug-likeness (QED) is 0.779. The summed E-state index contributed by atoms with van der Waals surface area (Å²) in [5.74, 6) is 1.28. The van der Waals surface area contributed by atoms with E-state index in [0.29, 0.717) is 16.9 Å². The maximum atomic E-state index is 5.93. The molecule has 0 aromatic carbocycles. The second kappa shape index (κ2) is 3.31. The normalized spacial score (nSPS) is 15.5. The minimum absolute atomic E-state index is 0.378. The Balaban J connectivity index is 2.01. The summed E-state index contributed by atoms with van der Waals surface area (Å²) in [6, 6.07) is 0. The number of rotatable bonds is 2. The van der Waals surface area contributed by atoms with Crippen LogP contribution in [-0.2, 0) is 0 Å². The van der Waals surface area contributed by atoms with Crippen LogP contribution in [0.1, 0.15) is 24.3 Å². The minimum Gasteiger partial charge on any atom is -0.239 e. The fourth-order valence-electron chi connectivity index (χ4n) is 1.55. The molecule has 2 aromatic heterocycles. The Morgan fingerprint density at radius 3 is 2.80 bits per heavy atom. The van der Waals surface area contributed by atoms with E-state index in [1.165, 1.54) is 18.4 Å². The maximum absolute atomic E-state index is 5.93. The fraction of sp³-hybridized carbons (Fsp3) is 0.300. The van der Waals surface area contributed by atoms with Crippen LogP contribution in [0.3, 0.4) is 0 Å². The molecule has 15 heavy (non-hydrogen) atoms. The molecular weight excluding hydrogens is 212 g/mol. The molecule has 2 aromatic rings. The summed E-state index contributed by atoms with van der Waals surface area (Å²) >= 11 is 5.93. The molecule has 1 aliphatic carbocycles. The van der Waals surface area contributed by atoms with Crippen molar-refractivity contribution in [2.24, 2.45) is 0 Å². The van der Waals surface area contributed by atoms with Crippen molar-refractivity contribution in [2.45, 2.75) is 18.8 Å². The molecule has 0 N–H and O–H groups in total. The molecule has 1 fully saturated rings. The van der Waals surface area contributed by atoms with E-state index in [2.05, 4.69) is 15.1 Å². The van der Waals surface area contributed by atoms with Gasteiger partial charge in [0, 0.05) is 18.6 Å². The van der Waals surface area contributed by atoms with Crippen LogP contribution in [0.4, 0.5) is 0 Å². The van der Waals surface area contributed by atoms with Crippen molar-refractivity contribution < 1.29 is 0 Å². The summed E-state index contributed by atoms with van der Waals surface area (Å²) in [7, 11) is 0. The molecular formula is C10H9ClN4. The van der Waals surface area contributed by atoms with Gasteiger partial charge in [-0.2, -0.15) is 5.10 Å². The van der Waals surface area contributed by atoms with Gasteiger partial charge in [-0.15, -0.1) is 0 Å². The van der Waals surface area contributed by atoms with Gasteiger partial charge in [-0.05, 0) is 24.3 Å². The van der Waals surface area contributed by atoms with Crippen LogP contribution in [0, 0.1) is 0 Å². The monoisotopic (exact) mass is 220 g/mol. The Hall–Kier alpha value is -1.42. The Morgan fingerprint density at radius 1 is 1.27 bits per heavy atom. The van der Waals surface area contributed by atoms with Crippen LogP contribution in [0.2, 0.25) is 5.15 Å². The lowest BCUT2D eigenvalue weighted by Gasteiger charge is -2.00. The van der Waals surface area contributed by atoms with Crippen LogP contribution in [0.5, 0.6) is 0 Å². The molecule has 0 aliphatic heterocycles. The number of halogens is 1. The van der Waals surface area contributed by atoms with E-state index in [-0.39, 0.29) is 0 Å². The molecule has 76 valence electrons. The first kappa shape index (κ1) is 8.85. The standard InChI is InChI=1S/C10H9ClN4/c11-9-10(13-4-3-12-9)15-6-8(5-14-15)7-1-2-7/h3-7H,1-2H2. The molecule has 0 saturated heterocycles. The largest absolute Gasteiger partial charge is 0.239 e. The van der Waals surface area contributed by atoms with Crippen LogP contribution >= 0.6 is 11.6 Å². The van der Waals surface area contributed by atoms with Crippen molar-refractivity contribution in [1.29, 1.82) is 0 Å². The van der Waals surface area contributed by atoms with Gasteiger partial charge in [0.15, 0.2) is 11.0 Å². The number of hydrogen-bond acceptors (Lipinski definition) is 3. The Kier molecular flexibility index (Phi) is 1.95. The topological polar surface area (TPSA) is 43.6 Å². The summed E-state index contributed by atoms with van der Waals surface area (Å²) < 4.78 is 1.68. The molecule has 0 amide bonds. The average Bonchev–Trinajstić information content (AvgIpc) is 2.99. The molecule has 3 rings (SSSR count). The van der Waals surface area contributed by atoms with Gasteiger partial charge < -0.3 is 0 Å². The van der Waals surface area contributed by atoms with Crippen molar-refractivity contribution in [3.05, 3.63) is 35.5 Å². The van der Waals surface area contributed by atoms with E-state index >= 15 is 0 Å². The van der Waals surface area contributed by atoms with Crippen LogP contribution in [0.25, 0.3) is 5.82 Å². The molecule has 0 bridgehead atoms. The van der Waals surface area contributed by atoms with Gasteiger partial charge in [0.1, 0.15) is 0 Å². The molecule has 0 radical (unpaired) electrons. The number of nitrogens with zero attached hydrogens (tertiary/aromatic N) is 4. The fourth-order valence-corrected chi connectivity index (χ4v) is 1.74. The van der Waals surface area contributed by atoms with Gasteiger partial charge in [0.2, 0.25) is 0 Å². The first-order valence-electron chi connectivity index (χ1n) is 4.86. The zero-order valence-corrected chi connectivity index (χ0v) is 8.72. The smallest absolute Gasteiger partial charge is 0.191 e. The van der Waals surface area contributed by atoms with Crippen molar-refractivity contribution in [1.82, 2.24) is 19.7 Å². The predicted molar refractivity (Wildman–Crippen MR) is 56.1 cm³/mol. The Morgan fingerprint density at radius 2 is 2.07 bits per heavy atom. The number of hydrogen-bond donors (Lipinski definition) is 0. The molecule has 1 saturated carbocycles. The van der Waals surface area contributed by atoms with Crippen molar-refractivity contribution in [3.63, 3.8) is 0 Å². The van der Waals surface area contributed by atoms with E-state index in [1.807, 2.05) is 12.4 Å². The van der Waals surface area contributed by atoms with Crippen LogP contribution in [0.15, 0.2) is 24.8 Å². The van der Waals surface area contributed by atoms with Crippen LogP contribution in [-0.4, -0.2) is 19.7 Å². The first-order chi connectivity index (χ1) is 7.34. The second-order valence-electron chi connectivity index (χ2n) is 3.66. The van der Waals surface area contributed by atoms with Crippen molar-refractivity contribution >= 4 is 11.6 Å². The minimum atomic E-state index is 0.378. The summed E-state index contributed by atoms with van der Waals surface area (Å²) in [4.78, 5) is 8.11. The van der Waals surface area contributed by atoms with E-state index in [0.717, 1.165) is 0 Å². The van der Waals surface area contributed by atoms with Crippen molar-refractivity contribution in [2.75, 3.05) is 0 Å². The highest BCUT2D eigenvalue weighted by Gasteiger charge is 2.25. The SMILES string of the molecule is Clc1nccnc1-n1cc(C2CC2)cn1. The van der Waals surface area contributed by atoms with E-state index < -0.39 is 0 Å². The van der Waals surface area contributed by atoms with Gasteiger partial charge >= 0.3 is 0 Å². The highest BCUT2D eigenvalue weighted by molar-refractivity contribution is 6.30. The average molecular weight is 221 g/mol. The summed E-state index contributed by atoms with van der Waals surface area (Å²) in [5.41, 5.74) is 1.26. The molecule has 5 heteroatoms. The third-order valence-corrected chi connectivity index (χ3v) is 2.77. The van der Waals surface area contributed by atoms with Gasteiger partial charge in [0.25, 0.3) is 0 Å². The third-order valence-electron chi connectivity index (χ3n) is 2.50. The summed E-state index contributed by atoms with van der Waals surface area (Å²) in [5, 5.41) is 4.62. The summed E-state index contributed by atoms with van der Waals surface area (Å²) in [6.07, 6.45) is 9.56. The van der Waals surface area contributed by atoms with E-state index in [9.17, 15) is 0 Å². The third kappa shape index (κ3) is 1.61. The molecule has 2 heterocycles. The summed E-state index contributed by atoms with van der Waals surface area (Å²) in [6.45, 7) is 0. The van der Waals surface area contributed by atoms with Gasteiger partial charge in [0.05, 0.1) is 6.20 Å². The second-order valence-corrected chi connectivity index (χ2v) is 4.02. The molecule has 0 unspecified atom stereocenters. The van der Waals surface area contributed by atoms with Gasteiger partial charge in [-0.1, -0.05) is 11.6 Å². The zero-order chi connectivity index (χ0) is 10.3. The highest BCUT2D eigenvalue weighted by atomic mass is 35.5. The van der Waals surface area contributed by atoms with Crippen LogP contribution < -0.4 is 0 Å². The maximum Gasteiger partial charge on any atom is 0.191 e. The molecule has 0 atom stereocenters. The number of aromatic nitrogens is 4. The highest BCUT2D eigenvalue weighted by Crippen LogP contribution is 2.39. The van der Waals surface area contributed by atoms with Gasteiger partial charge in [-0.25, -0.2) is 14.6 Å². The molecule has 1 aliphatic rings.